The fourth-order valence-electron chi connectivity index (χ4n) is 2.40. The SMILES string of the molecule is CCNC(Cc1c(Cl)c(CC)nn1C)c1ccc(C)o1. The molecule has 0 bridgehead atoms. The number of halogens is 1. The Bertz CT molecular complexity index is 574. The average Bonchev–Trinajstić information content (AvgIpc) is 2.96. The largest absolute Gasteiger partial charge is 0.465 e. The van der Waals surface area contributed by atoms with Crippen LogP contribution in [-0.4, -0.2) is 16.3 Å². The third kappa shape index (κ3) is 3.07. The monoisotopic (exact) mass is 295 g/mol. The first-order valence-electron chi connectivity index (χ1n) is 7.06. The van der Waals surface area contributed by atoms with Gasteiger partial charge in [0.15, 0.2) is 0 Å². The van der Waals surface area contributed by atoms with Crippen LogP contribution in [-0.2, 0) is 19.9 Å². The van der Waals surface area contributed by atoms with Gasteiger partial charge in [-0.1, -0.05) is 25.4 Å². The highest BCUT2D eigenvalue weighted by atomic mass is 35.5. The minimum absolute atomic E-state index is 0.117. The molecule has 4 nitrogen and oxygen atoms in total. The van der Waals surface area contributed by atoms with Crippen molar-refractivity contribution in [2.45, 2.75) is 39.7 Å². The molecule has 5 heteroatoms. The van der Waals surface area contributed by atoms with Gasteiger partial charge in [0.05, 0.1) is 22.5 Å². The lowest BCUT2D eigenvalue weighted by Gasteiger charge is -2.16. The molecule has 1 atom stereocenters. The van der Waals surface area contributed by atoms with E-state index in [1.54, 1.807) is 0 Å². The van der Waals surface area contributed by atoms with Gasteiger partial charge in [-0.15, -0.1) is 0 Å². The van der Waals surface area contributed by atoms with Gasteiger partial charge in [-0.3, -0.25) is 4.68 Å². The molecule has 2 rings (SSSR count). The maximum absolute atomic E-state index is 6.42. The van der Waals surface area contributed by atoms with Gasteiger partial charge in [0.1, 0.15) is 11.5 Å². The standard InChI is InChI=1S/C15H22ClN3O/c1-5-11-15(16)13(19(4)18-11)9-12(17-6-2)14-8-7-10(3)20-14/h7-8,12,17H,5-6,9H2,1-4H3. The molecule has 0 fully saturated rings. The molecule has 110 valence electrons. The van der Waals surface area contributed by atoms with Crippen molar-refractivity contribution in [1.29, 1.82) is 0 Å². The van der Waals surface area contributed by atoms with Gasteiger partial charge in [-0.25, -0.2) is 0 Å². The van der Waals surface area contributed by atoms with E-state index in [4.69, 9.17) is 16.0 Å². The van der Waals surface area contributed by atoms with Gasteiger partial charge in [0.2, 0.25) is 0 Å². The number of nitrogens with zero attached hydrogens (tertiary/aromatic N) is 2. The van der Waals surface area contributed by atoms with Crippen molar-refractivity contribution in [2.75, 3.05) is 6.54 Å². The van der Waals surface area contributed by atoms with Crippen molar-refractivity contribution in [3.8, 4) is 0 Å². The zero-order chi connectivity index (χ0) is 14.7. The maximum atomic E-state index is 6.42. The Morgan fingerprint density at radius 3 is 2.65 bits per heavy atom. The average molecular weight is 296 g/mol. The summed E-state index contributed by atoms with van der Waals surface area (Å²) < 4.78 is 7.62. The van der Waals surface area contributed by atoms with E-state index >= 15 is 0 Å². The lowest BCUT2D eigenvalue weighted by atomic mass is 10.1. The van der Waals surface area contributed by atoms with E-state index in [1.165, 1.54) is 0 Å². The van der Waals surface area contributed by atoms with Gasteiger partial charge in [0, 0.05) is 13.5 Å². The Morgan fingerprint density at radius 2 is 2.15 bits per heavy atom. The molecule has 0 aliphatic rings. The van der Waals surface area contributed by atoms with E-state index in [0.29, 0.717) is 0 Å². The summed E-state index contributed by atoms with van der Waals surface area (Å²) in [6.45, 7) is 6.99. The Kier molecular flexibility index (Phi) is 4.89. The van der Waals surface area contributed by atoms with Crippen LogP contribution in [0.1, 0.15) is 42.8 Å². The van der Waals surface area contributed by atoms with Gasteiger partial charge in [0.25, 0.3) is 0 Å². The minimum Gasteiger partial charge on any atom is -0.465 e. The van der Waals surface area contributed by atoms with Crippen molar-refractivity contribution in [3.63, 3.8) is 0 Å². The molecule has 0 aliphatic heterocycles. The molecule has 20 heavy (non-hydrogen) atoms. The zero-order valence-electron chi connectivity index (χ0n) is 12.5. The van der Waals surface area contributed by atoms with E-state index in [-0.39, 0.29) is 6.04 Å². The van der Waals surface area contributed by atoms with Crippen LogP contribution in [0.3, 0.4) is 0 Å². The predicted octanol–water partition coefficient (Wildman–Crippen LogP) is 3.43. The van der Waals surface area contributed by atoms with E-state index in [2.05, 4.69) is 24.3 Å². The van der Waals surface area contributed by atoms with Crippen molar-refractivity contribution in [3.05, 3.63) is 40.1 Å². The summed E-state index contributed by atoms with van der Waals surface area (Å²) in [5, 5.41) is 8.69. The number of aryl methyl sites for hydroxylation is 3. The molecule has 1 unspecified atom stereocenters. The normalized spacial score (nSPS) is 12.8. The van der Waals surface area contributed by atoms with Gasteiger partial charge in [-0.2, -0.15) is 5.10 Å². The molecule has 0 saturated heterocycles. The van der Waals surface area contributed by atoms with Crippen LogP contribution in [0.5, 0.6) is 0 Å². The first kappa shape index (κ1) is 15.1. The summed E-state index contributed by atoms with van der Waals surface area (Å²) in [7, 11) is 1.94. The van der Waals surface area contributed by atoms with E-state index in [1.807, 2.05) is 30.8 Å². The molecular weight excluding hydrogens is 274 g/mol. The second-order valence-corrected chi connectivity index (χ2v) is 5.33. The number of rotatable bonds is 6. The van der Waals surface area contributed by atoms with Crippen LogP contribution in [0.4, 0.5) is 0 Å². The Labute approximate surface area is 125 Å². The topological polar surface area (TPSA) is 43.0 Å². The fraction of sp³-hybridized carbons (Fsp3) is 0.533. The van der Waals surface area contributed by atoms with Crippen molar-refractivity contribution in [1.82, 2.24) is 15.1 Å². The summed E-state index contributed by atoms with van der Waals surface area (Å²) >= 11 is 6.42. The number of hydrogen-bond acceptors (Lipinski definition) is 3. The summed E-state index contributed by atoms with van der Waals surface area (Å²) in [5.74, 6) is 1.87. The zero-order valence-corrected chi connectivity index (χ0v) is 13.3. The molecule has 0 aromatic carbocycles. The van der Waals surface area contributed by atoms with Gasteiger partial charge < -0.3 is 9.73 Å². The van der Waals surface area contributed by atoms with Crippen LogP contribution in [0.15, 0.2) is 16.5 Å². The van der Waals surface area contributed by atoms with E-state index in [9.17, 15) is 0 Å². The molecule has 2 aromatic heterocycles. The molecule has 0 radical (unpaired) electrons. The minimum atomic E-state index is 0.117. The number of hydrogen-bond donors (Lipinski definition) is 1. The van der Waals surface area contributed by atoms with E-state index in [0.717, 1.165) is 47.3 Å². The number of likely N-dealkylation sites (N-methyl/N-ethyl adjacent to an activating group) is 1. The molecule has 0 spiro atoms. The van der Waals surface area contributed by atoms with Crippen LogP contribution in [0.2, 0.25) is 5.02 Å². The third-order valence-corrected chi connectivity index (χ3v) is 3.89. The third-order valence-electron chi connectivity index (χ3n) is 3.46. The van der Waals surface area contributed by atoms with Crippen LogP contribution >= 0.6 is 11.6 Å². The number of nitrogens with one attached hydrogen (secondary N) is 1. The molecule has 1 N–H and O–H groups in total. The van der Waals surface area contributed by atoms with Crippen LogP contribution in [0.25, 0.3) is 0 Å². The maximum Gasteiger partial charge on any atom is 0.121 e. The second kappa shape index (κ2) is 6.46. The predicted molar refractivity (Wildman–Crippen MR) is 81.2 cm³/mol. The first-order chi connectivity index (χ1) is 9.56. The lowest BCUT2D eigenvalue weighted by molar-refractivity contribution is 0.398. The summed E-state index contributed by atoms with van der Waals surface area (Å²) in [6.07, 6.45) is 1.61. The second-order valence-electron chi connectivity index (χ2n) is 4.95. The molecule has 0 amide bonds. The summed E-state index contributed by atoms with van der Waals surface area (Å²) in [5.41, 5.74) is 2.00. The van der Waals surface area contributed by atoms with Crippen molar-refractivity contribution in [2.24, 2.45) is 7.05 Å². The number of aromatic nitrogens is 2. The highest BCUT2D eigenvalue weighted by Crippen LogP contribution is 2.27. The smallest absolute Gasteiger partial charge is 0.121 e. The molecule has 0 aliphatic carbocycles. The number of furan rings is 1. The Morgan fingerprint density at radius 1 is 1.40 bits per heavy atom. The summed E-state index contributed by atoms with van der Waals surface area (Å²) in [6, 6.07) is 4.13. The molecule has 0 saturated carbocycles. The molecular formula is C15H22ClN3O. The highest BCUT2D eigenvalue weighted by Gasteiger charge is 2.20. The van der Waals surface area contributed by atoms with Gasteiger partial charge in [-0.05, 0) is 32.0 Å². The first-order valence-corrected chi connectivity index (χ1v) is 7.44. The highest BCUT2D eigenvalue weighted by molar-refractivity contribution is 6.31. The van der Waals surface area contributed by atoms with Crippen LogP contribution in [0, 0.1) is 6.92 Å². The molecule has 2 aromatic rings. The van der Waals surface area contributed by atoms with E-state index < -0.39 is 0 Å². The van der Waals surface area contributed by atoms with Gasteiger partial charge >= 0.3 is 0 Å². The fourth-order valence-corrected chi connectivity index (χ4v) is 2.77. The van der Waals surface area contributed by atoms with Crippen molar-refractivity contribution >= 4 is 11.6 Å². The summed E-state index contributed by atoms with van der Waals surface area (Å²) in [4.78, 5) is 0. The van der Waals surface area contributed by atoms with Crippen LogP contribution < -0.4 is 5.32 Å². The molecule has 2 heterocycles. The Balaban J connectivity index is 2.26. The quantitative estimate of drug-likeness (QED) is 0.888. The van der Waals surface area contributed by atoms with Crippen molar-refractivity contribution < 1.29 is 4.42 Å². The Hall–Kier alpha value is -1.26. The lowest BCUT2D eigenvalue weighted by Crippen LogP contribution is -2.23.